The number of rotatable bonds is 5. The summed E-state index contributed by atoms with van der Waals surface area (Å²) in [7, 11) is 0. The minimum Gasteiger partial charge on any atom is -0.486 e. The molecule has 1 heterocycles. The SMILES string of the molecule is NC(=O)c1ncc(-c2cccc(Cl)c2)cc1OCc1ccccc1. The average molecular weight is 339 g/mol. The van der Waals surface area contributed by atoms with Gasteiger partial charge in [-0.2, -0.15) is 0 Å². The van der Waals surface area contributed by atoms with Gasteiger partial charge in [-0.3, -0.25) is 4.79 Å². The lowest BCUT2D eigenvalue weighted by Crippen LogP contribution is -2.15. The molecule has 0 radical (unpaired) electrons. The number of nitrogens with zero attached hydrogens (tertiary/aromatic N) is 1. The Morgan fingerprint density at radius 1 is 1.04 bits per heavy atom. The molecule has 2 aromatic carbocycles. The summed E-state index contributed by atoms with van der Waals surface area (Å²) in [5, 5.41) is 0.623. The van der Waals surface area contributed by atoms with Crippen LogP contribution in [0.3, 0.4) is 0 Å². The van der Waals surface area contributed by atoms with Crippen LogP contribution in [0.1, 0.15) is 16.1 Å². The first-order chi connectivity index (χ1) is 11.6. The molecule has 0 spiro atoms. The Balaban J connectivity index is 1.93. The first-order valence-electron chi connectivity index (χ1n) is 7.36. The van der Waals surface area contributed by atoms with Crippen LogP contribution in [0.2, 0.25) is 5.02 Å². The highest BCUT2D eigenvalue weighted by atomic mass is 35.5. The number of hydrogen-bond acceptors (Lipinski definition) is 3. The first-order valence-corrected chi connectivity index (χ1v) is 7.74. The van der Waals surface area contributed by atoms with Crippen LogP contribution < -0.4 is 10.5 Å². The normalized spacial score (nSPS) is 10.4. The molecule has 0 atom stereocenters. The molecule has 3 aromatic rings. The van der Waals surface area contributed by atoms with E-state index in [1.165, 1.54) is 0 Å². The Kier molecular flexibility index (Phi) is 4.77. The van der Waals surface area contributed by atoms with Crippen molar-refractivity contribution in [2.45, 2.75) is 6.61 Å². The third kappa shape index (κ3) is 3.73. The van der Waals surface area contributed by atoms with Crippen molar-refractivity contribution in [3.05, 3.63) is 83.1 Å². The lowest BCUT2D eigenvalue weighted by Gasteiger charge is -2.11. The third-order valence-corrected chi connectivity index (χ3v) is 3.72. The summed E-state index contributed by atoms with van der Waals surface area (Å²) in [6, 6.07) is 18.8. The highest BCUT2D eigenvalue weighted by Crippen LogP contribution is 2.27. The second kappa shape index (κ2) is 7.15. The van der Waals surface area contributed by atoms with Gasteiger partial charge in [0.1, 0.15) is 6.61 Å². The fourth-order valence-corrected chi connectivity index (χ4v) is 2.49. The van der Waals surface area contributed by atoms with E-state index in [0.29, 0.717) is 17.4 Å². The van der Waals surface area contributed by atoms with E-state index in [2.05, 4.69) is 4.98 Å². The molecule has 0 saturated heterocycles. The fourth-order valence-electron chi connectivity index (χ4n) is 2.30. The number of carbonyl (C=O) groups is 1. The number of aromatic nitrogens is 1. The molecule has 3 rings (SSSR count). The second-order valence-corrected chi connectivity index (χ2v) is 5.66. The van der Waals surface area contributed by atoms with Crippen LogP contribution in [0.15, 0.2) is 66.9 Å². The molecule has 1 amide bonds. The largest absolute Gasteiger partial charge is 0.486 e. The molecule has 120 valence electrons. The van der Waals surface area contributed by atoms with Gasteiger partial charge >= 0.3 is 0 Å². The van der Waals surface area contributed by atoms with Gasteiger partial charge in [-0.1, -0.05) is 54.1 Å². The van der Waals surface area contributed by atoms with Crippen molar-refractivity contribution in [3.63, 3.8) is 0 Å². The zero-order chi connectivity index (χ0) is 16.9. The van der Waals surface area contributed by atoms with Crippen LogP contribution in [-0.2, 0) is 6.61 Å². The molecule has 0 fully saturated rings. The van der Waals surface area contributed by atoms with Crippen LogP contribution in [-0.4, -0.2) is 10.9 Å². The highest BCUT2D eigenvalue weighted by Gasteiger charge is 2.13. The maximum atomic E-state index is 11.6. The van der Waals surface area contributed by atoms with Crippen molar-refractivity contribution in [3.8, 4) is 16.9 Å². The molecule has 0 saturated carbocycles. The van der Waals surface area contributed by atoms with Crippen LogP contribution in [0.4, 0.5) is 0 Å². The van der Waals surface area contributed by atoms with Crippen LogP contribution >= 0.6 is 11.6 Å². The minimum atomic E-state index is -0.629. The van der Waals surface area contributed by atoms with E-state index < -0.39 is 5.91 Å². The number of benzene rings is 2. The van der Waals surface area contributed by atoms with E-state index in [1.807, 2.05) is 48.5 Å². The summed E-state index contributed by atoms with van der Waals surface area (Å²) < 4.78 is 5.78. The van der Waals surface area contributed by atoms with Gasteiger partial charge in [0.05, 0.1) is 0 Å². The molecular weight excluding hydrogens is 324 g/mol. The molecule has 24 heavy (non-hydrogen) atoms. The zero-order valence-corrected chi connectivity index (χ0v) is 13.5. The number of nitrogens with two attached hydrogens (primary N) is 1. The summed E-state index contributed by atoms with van der Waals surface area (Å²) in [6.45, 7) is 0.321. The number of ether oxygens (including phenoxy) is 1. The number of amides is 1. The number of halogens is 1. The maximum absolute atomic E-state index is 11.6. The van der Waals surface area contributed by atoms with E-state index in [-0.39, 0.29) is 5.69 Å². The Morgan fingerprint density at radius 2 is 1.83 bits per heavy atom. The van der Waals surface area contributed by atoms with Gasteiger partial charge in [0.15, 0.2) is 11.4 Å². The lowest BCUT2D eigenvalue weighted by atomic mass is 10.1. The van der Waals surface area contributed by atoms with E-state index in [0.717, 1.165) is 16.7 Å². The zero-order valence-electron chi connectivity index (χ0n) is 12.8. The predicted octanol–water partition coefficient (Wildman–Crippen LogP) is 4.08. The van der Waals surface area contributed by atoms with Crippen molar-refractivity contribution in [1.82, 2.24) is 4.98 Å². The Bertz CT molecular complexity index is 866. The van der Waals surface area contributed by atoms with Gasteiger partial charge in [-0.25, -0.2) is 4.98 Å². The van der Waals surface area contributed by atoms with E-state index in [4.69, 9.17) is 22.1 Å². The lowest BCUT2D eigenvalue weighted by molar-refractivity contribution is 0.0990. The summed E-state index contributed by atoms with van der Waals surface area (Å²) in [4.78, 5) is 15.7. The van der Waals surface area contributed by atoms with E-state index >= 15 is 0 Å². The Labute approximate surface area is 144 Å². The molecule has 0 aliphatic carbocycles. The van der Waals surface area contributed by atoms with Crippen molar-refractivity contribution >= 4 is 17.5 Å². The summed E-state index contributed by atoms with van der Waals surface area (Å²) in [5.74, 6) is -0.278. The van der Waals surface area contributed by atoms with Crippen molar-refractivity contribution in [2.75, 3.05) is 0 Å². The molecule has 1 aromatic heterocycles. The molecule has 5 heteroatoms. The first kappa shape index (κ1) is 16.0. The van der Waals surface area contributed by atoms with Crippen molar-refractivity contribution in [2.24, 2.45) is 5.73 Å². The molecule has 0 aliphatic rings. The number of primary amides is 1. The summed E-state index contributed by atoms with van der Waals surface area (Å²) >= 11 is 6.03. The molecule has 2 N–H and O–H groups in total. The average Bonchev–Trinajstić information content (AvgIpc) is 2.60. The van der Waals surface area contributed by atoms with E-state index in [1.54, 1.807) is 18.3 Å². The maximum Gasteiger partial charge on any atom is 0.271 e. The standard InChI is InChI=1S/C19H15ClN2O2/c20-16-8-4-7-14(9-16)15-10-17(18(19(21)23)22-11-15)24-12-13-5-2-1-3-6-13/h1-11H,12H2,(H2,21,23). The van der Waals surface area contributed by atoms with Gasteiger partial charge in [0.2, 0.25) is 0 Å². The number of pyridine rings is 1. The van der Waals surface area contributed by atoms with Crippen molar-refractivity contribution in [1.29, 1.82) is 0 Å². The fraction of sp³-hybridized carbons (Fsp3) is 0.0526. The smallest absolute Gasteiger partial charge is 0.271 e. The van der Waals surface area contributed by atoms with Crippen LogP contribution in [0.5, 0.6) is 5.75 Å². The molecule has 0 bridgehead atoms. The van der Waals surface area contributed by atoms with E-state index in [9.17, 15) is 4.79 Å². The predicted molar refractivity (Wildman–Crippen MR) is 94.0 cm³/mol. The highest BCUT2D eigenvalue weighted by molar-refractivity contribution is 6.30. The van der Waals surface area contributed by atoms with Gasteiger partial charge in [0.25, 0.3) is 5.91 Å². The summed E-state index contributed by atoms with van der Waals surface area (Å²) in [6.07, 6.45) is 1.58. The van der Waals surface area contributed by atoms with Crippen LogP contribution in [0, 0.1) is 0 Å². The topological polar surface area (TPSA) is 65.2 Å². The third-order valence-electron chi connectivity index (χ3n) is 3.48. The molecule has 0 aliphatic heterocycles. The number of carbonyl (C=O) groups excluding carboxylic acids is 1. The van der Waals surface area contributed by atoms with Gasteiger partial charge in [0, 0.05) is 16.8 Å². The quantitative estimate of drug-likeness (QED) is 0.762. The second-order valence-electron chi connectivity index (χ2n) is 5.22. The monoisotopic (exact) mass is 338 g/mol. The van der Waals surface area contributed by atoms with Gasteiger partial charge < -0.3 is 10.5 Å². The molecule has 4 nitrogen and oxygen atoms in total. The van der Waals surface area contributed by atoms with Gasteiger partial charge in [-0.15, -0.1) is 0 Å². The Morgan fingerprint density at radius 3 is 2.54 bits per heavy atom. The Hall–Kier alpha value is -2.85. The molecule has 0 unspecified atom stereocenters. The van der Waals surface area contributed by atoms with Crippen molar-refractivity contribution < 1.29 is 9.53 Å². The van der Waals surface area contributed by atoms with Crippen LogP contribution in [0.25, 0.3) is 11.1 Å². The number of hydrogen-bond donors (Lipinski definition) is 1. The molecular formula is C19H15ClN2O2. The minimum absolute atomic E-state index is 0.108. The summed E-state index contributed by atoms with van der Waals surface area (Å²) in [5.41, 5.74) is 8.17. The van der Waals surface area contributed by atoms with Gasteiger partial charge in [-0.05, 0) is 29.3 Å².